The van der Waals surface area contributed by atoms with Crippen LogP contribution in [-0.4, -0.2) is 24.7 Å². The third kappa shape index (κ3) is 5.78. The zero-order valence-electron chi connectivity index (χ0n) is 13.3. The van der Waals surface area contributed by atoms with Gasteiger partial charge >= 0.3 is 5.97 Å². The van der Waals surface area contributed by atoms with E-state index in [1.165, 1.54) is 0 Å². The van der Waals surface area contributed by atoms with E-state index in [4.69, 9.17) is 37.8 Å². The van der Waals surface area contributed by atoms with Crippen molar-refractivity contribution >= 4 is 45.1 Å². The summed E-state index contributed by atoms with van der Waals surface area (Å²) in [5, 5.41) is 12.6. The van der Waals surface area contributed by atoms with Gasteiger partial charge in [0.15, 0.2) is 11.5 Å². The highest BCUT2D eigenvalue weighted by molar-refractivity contribution is 9.10. The number of aliphatic carboxylic acids is 1. The summed E-state index contributed by atoms with van der Waals surface area (Å²) >= 11 is 15.5. The summed E-state index contributed by atoms with van der Waals surface area (Å²) in [5.74, 6) is 0.160. The molecule has 0 amide bonds. The molecule has 0 aliphatic rings. The molecule has 2 aromatic carbocycles. The molecule has 0 fully saturated rings. The summed E-state index contributed by atoms with van der Waals surface area (Å²) in [6.45, 7) is 0.527. The van der Waals surface area contributed by atoms with Gasteiger partial charge in [0, 0.05) is 22.2 Å². The lowest BCUT2D eigenvalue weighted by Crippen LogP contribution is -2.21. The average Bonchev–Trinajstić information content (AvgIpc) is 2.54. The molecule has 0 bridgehead atoms. The zero-order chi connectivity index (χ0) is 18.4. The van der Waals surface area contributed by atoms with Crippen LogP contribution in [0, 0.1) is 0 Å². The Labute approximate surface area is 164 Å². The number of halogens is 3. The van der Waals surface area contributed by atoms with E-state index in [-0.39, 0.29) is 13.2 Å². The Kier molecular flexibility index (Phi) is 7.38. The predicted octanol–water partition coefficient (Wildman–Crippen LogP) is 4.52. The summed E-state index contributed by atoms with van der Waals surface area (Å²) in [5.41, 5.74) is 1.66. The van der Waals surface area contributed by atoms with Gasteiger partial charge < -0.3 is 19.9 Å². The van der Waals surface area contributed by atoms with E-state index in [9.17, 15) is 4.79 Å². The number of nitrogens with one attached hydrogen (secondary N) is 1. The van der Waals surface area contributed by atoms with E-state index in [1.807, 2.05) is 6.07 Å². The van der Waals surface area contributed by atoms with Crippen LogP contribution in [0.1, 0.15) is 11.1 Å². The molecular formula is C17H16BrCl2NO4. The van der Waals surface area contributed by atoms with Crippen LogP contribution in [0.4, 0.5) is 0 Å². The second-order valence-corrected chi connectivity index (χ2v) is 6.83. The standard InChI is InChI=1S/C17H16BrCl2NO4/c1-24-15-5-10(7-21-8-16(22)23)4-13(18)17(15)25-9-11-2-3-12(19)6-14(11)20/h2-6,21H,7-9H2,1H3,(H,22,23). The first-order valence-electron chi connectivity index (χ1n) is 7.26. The minimum atomic E-state index is -0.911. The molecule has 0 unspecified atom stereocenters. The molecule has 2 rings (SSSR count). The average molecular weight is 449 g/mol. The van der Waals surface area contributed by atoms with Gasteiger partial charge in [0.1, 0.15) is 6.61 Å². The first kappa shape index (κ1) is 19.8. The number of carbonyl (C=O) groups is 1. The van der Waals surface area contributed by atoms with Crippen LogP contribution >= 0.6 is 39.1 Å². The van der Waals surface area contributed by atoms with Crippen LogP contribution in [0.3, 0.4) is 0 Å². The van der Waals surface area contributed by atoms with Crippen LogP contribution in [-0.2, 0) is 17.9 Å². The number of methoxy groups -OCH3 is 1. The molecule has 0 radical (unpaired) electrons. The molecule has 5 nitrogen and oxygen atoms in total. The first-order chi connectivity index (χ1) is 11.9. The highest BCUT2D eigenvalue weighted by Crippen LogP contribution is 2.37. The van der Waals surface area contributed by atoms with E-state index >= 15 is 0 Å². The molecule has 0 aromatic heterocycles. The Morgan fingerprint density at radius 3 is 2.68 bits per heavy atom. The molecule has 25 heavy (non-hydrogen) atoms. The van der Waals surface area contributed by atoms with Crippen LogP contribution in [0.25, 0.3) is 0 Å². The summed E-state index contributed by atoms with van der Waals surface area (Å²) in [6.07, 6.45) is 0. The van der Waals surface area contributed by atoms with Crippen LogP contribution in [0.5, 0.6) is 11.5 Å². The summed E-state index contributed by atoms with van der Waals surface area (Å²) in [4.78, 5) is 10.6. The Morgan fingerprint density at radius 1 is 1.28 bits per heavy atom. The van der Waals surface area contributed by atoms with Crippen LogP contribution in [0.15, 0.2) is 34.8 Å². The van der Waals surface area contributed by atoms with Crippen LogP contribution in [0.2, 0.25) is 10.0 Å². The fourth-order valence-electron chi connectivity index (χ4n) is 2.12. The molecule has 0 spiro atoms. The van der Waals surface area contributed by atoms with Crippen molar-refractivity contribution in [2.24, 2.45) is 0 Å². The SMILES string of the molecule is COc1cc(CNCC(=O)O)cc(Br)c1OCc1ccc(Cl)cc1Cl. The van der Waals surface area contributed by atoms with E-state index in [0.717, 1.165) is 11.1 Å². The van der Waals surface area contributed by atoms with Crippen molar-refractivity contribution < 1.29 is 19.4 Å². The molecule has 2 aromatic rings. The molecule has 0 aliphatic carbocycles. The fourth-order valence-corrected chi connectivity index (χ4v) is 3.18. The van der Waals surface area contributed by atoms with Gasteiger partial charge in [-0.25, -0.2) is 0 Å². The van der Waals surface area contributed by atoms with Gasteiger partial charge in [-0.2, -0.15) is 0 Å². The molecular weight excluding hydrogens is 433 g/mol. The minimum absolute atomic E-state index is 0.118. The summed E-state index contributed by atoms with van der Waals surface area (Å²) in [7, 11) is 1.54. The topological polar surface area (TPSA) is 67.8 Å². The fraction of sp³-hybridized carbons (Fsp3) is 0.235. The molecule has 0 heterocycles. The first-order valence-corrected chi connectivity index (χ1v) is 8.81. The maximum Gasteiger partial charge on any atom is 0.317 e. The van der Waals surface area contributed by atoms with Crippen LogP contribution < -0.4 is 14.8 Å². The third-order valence-electron chi connectivity index (χ3n) is 3.28. The minimum Gasteiger partial charge on any atom is -0.493 e. The van der Waals surface area contributed by atoms with E-state index in [2.05, 4.69) is 21.2 Å². The normalized spacial score (nSPS) is 10.6. The molecule has 8 heteroatoms. The van der Waals surface area contributed by atoms with E-state index in [0.29, 0.717) is 32.6 Å². The summed E-state index contributed by atoms with van der Waals surface area (Å²) in [6, 6.07) is 8.84. The quantitative estimate of drug-likeness (QED) is 0.621. The molecule has 2 N–H and O–H groups in total. The van der Waals surface area contributed by atoms with Crippen molar-refractivity contribution in [3.05, 3.63) is 56.0 Å². The van der Waals surface area contributed by atoms with Gasteiger partial charge in [-0.3, -0.25) is 4.79 Å². The van der Waals surface area contributed by atoms with Crippen molar-refractivity contribution in [1.82, 2.24) is 5.32 Å². The van der Waals surface area contributed by atoms with Crippen molar-refractivity contribution in [1.29, 1.82) is 0 Å². The van der Waals surface area contributed by atoms with Gasteiger partial charge in [-0.05, 0) is 45.8 Å². The molecule has 134 valence electrons. The van der Waals surface area contributed by atoms with Crippen molar-refractivity contribution in [2.45, 2.75) is 13.2 Å². The Balaban J connectivity index is 2.12. The third-order valence-corrected chi connectivity index (χ3v) is 4.46. The number of carboxylic acid groups (broad SMARTS) is 1. The highest BCUT2D eigenvalue weighted by atomic mass is 79.9. The summed E-state index contributed by atoms with van der Waals surface area (Å²) < 4.78 is 11.9. The van der Waals surface area contributed by atoms with Crippen molar-refractivity contribution in [3.8, 4) is 11.5 Å². The van der Waals surface area contributed by atoms with E-state index < -0.39 is 5.97 Å². The zero-order valence-corrected chi connectivity index (χ0v) is 16.4. The Morgan fingerprint density at radius 2 is 2.04 bits per heavy atom. The monoisotopic (exact) mass is 447 g/mol. The number of hydrogen-bond acceptors (Lipinski definition) is 4. The Bertz CT molecular complexity index is 771. The number of rotatable bonds is 8. The highest BCUT2D eigenvalue weighted by Gasteiger charge is 2.13. The van der Waals surface area contributed by atoms with Gasteiger partial charge in [0.25, 0.3) is 0 Å². The number of ether oxygens (including phenoxy) is 2. The molecule has 0 atom stereocenters. The molecule has 0 saturated carbocycles. The van der Waals surface area contributed by atoms with Gasteiger partial charge in [0.2, 0.25) is 0 Å². The van der Waals surface area contributed by atoms with Gasteiger partial charge in [-0.15, -0.1) is 0 Å². The predicted molar refractivity (Wildman–Crippen MR) is 101 cm³/mol. The van der Waals surface area contributed by atoms with Gasteiger partial charge in [-0.1, -0.05) is 29.3 Å². The largest absolute Gasteiger partial charge is 0.493 e. The second kappa shape index (κ2) is 9.29. The Hall–Kier alpha value is -1.47. The molecule has 0 saturated heterocycles. The lowest BCUT2D eigenvalue weighted by atomic mass is 10.2. The van der Waals surface area contributed by atoms with E-state index in [1.54, 1.807) is 31.4 Å². The number of carboxylic acids is 1. The number of hydrogen-bond donors (Lipinski definition) is 2. The number of benzene rings is 2. The van der Waals surface area contributed by atoms with Crippen molar-refractivity contribution in [2.75, 3.05) is 13.7 Å². The maximum atomic E-state index is 10.6. The lowest BCUT2D eigenvalue weighted by molar-refractivity contribution is -0.135. The smallest absolute Gasteiger partial charge is 0.317 e. The molecule has 0 aliphatic heterocycles. The maximum absolute atomic E-state index is 10.6. The lowest BCUT2D eigenvalue weighted by Gasteiger charge is -2.15. The second-order valence-electron chi connectivity index (χ2n) is 5.13. The van der Waals surface area contributed by atoms with Gasteiger partial charge in [0.05, 0.1) is 18.1 Å². The van der Waals surface area contributed by atoms with Crippen molar-refractivity contribution in [3.63, 3.8) is 0 Å².